The van der Waals surface area contributed by atoms with Gasteiger partial charge in [0.15, 0.2) is 0 Å². The van der Waals surface area contributed by atoms with Crippen LogP contribution in [0.3, 0.4) is 0 Å². The molecule has 0 aliphatic heterocycles. The third kappa shape index (κ3) is 4.67. The zero-order valence-corrected chi connectivity index (χ0v) is 14.4. The Balaban J connectivity index is 1.86. The molecular weight excluding hydrogens is 354 g/mol. The number of aromatic nitrogens is 3. The van der Waals surface area contributed by atoms with Crippen LogP contribution in [0.1, 0.15) is 5.56 Å². The molecule has 132 valence electrons. The maximum absolute atomic E-state index is 10.8. The minimum Gasteiger partial charge on any atom is -0.480 e. The van der Waals surface area contributed by atoms with Crippen LogP contribution in [0, 0.1) is 0 Å². The molecule has 3 rings (SSSR count). The summed E-state index contributed by atoms with van der Waals surface area (Å²) in [4.78, 5) is 23.6. The summed E-state index contributed by atoms with van der Waals surface area (Å²) in [6, 6.07) is 13.0. The minimum absolute atomic E-state index is 0.218. The lowest BCUT2D eigenvalue weighted by Gasteiger charge is -2.11. The number of rotatable bonds is 7. The number of carbonyl (C=O) groups is 1. The van der Waals surface area contributed by atoms with E-state index in [-0.39, 0.29) is 12.5 Å². The van der Waals surface area contributed by atoms with Crippen molar-refractivity contribution in [3.63, 3.8) is 0 Å². The van der Waals surface area contributed by atoms with Gasteiger partial charge in [0.25, 0.3) is 0 Å². The number of nitrogens with zero attached hydrogens (tertiary/aromatic N) is 3. The first kappa shape index (κ1) is 17.6. The molecule has 2 aromatic heterocycles. The highest BCUT2D eigenvalue weighted by molar-refractivity contribution is 6.31. The lowest BCUT2D eigenvalue weighted by atomic mass is 10.2. The van der Waals surface area contributed by atoms with E-state index in [1.807, 2.05) is 30.3 Å². The van der Waals surface area contributed by atoms with Crippen molar-refractivity contribution in [1.29, 1.82) is 0 Å². The summed E-state index contributed by atoms with van der Waals surface area (Å²) >= 11 is 6.17. The van der Waals surface area contributed by atoms with Crippen LogP contribution in [-0.2, 0) is 11.3 Å². The summed E-state index contributed by atoms with van der Waals surface area (Å²) in [7, 11) is 0. The third-order valence-electron chi connectivity index (χ3n) is 3.50. The van der Waals surface area contributed by atoms with Crippen LogP contribution in [0.2, 0.25) is 5.02 Å². The molecule has 0 unspecified atom stereocenters. The number of carboxylic acids is 1. The second-order valence-corrected chi connectivity index (χ2v) is 5.80. The second-order valence-electron chi connectivity index (χ2n) is 5.40. The summed E-state index contributed by atoms with van der Waals surface area (Å²) in [6.07, 6.45) is 3.35. The van der Waals surface area contributed by atoms with Gasteiger partial charge in [-0.3, -0.25) is 9.78 Å². The van der Waals surface area contributed by atoms with E-state index >= 15 is 0 Å². The van der Waals surface area contributed by atoms with Crippen molar-refractivity contribution in [2.75, 3.05) is 17.2 Å². The topological polar surface area (TPSA) is 100 Å². The number of benzene rings is 1. The molecule has 1 aromatic carbocycles. The first-order valence-corrected chi connectivity index (χ1v) is 8.22. The summed E-state index contributed by atoms with van der Waals surface area (Å²) in [5.74, 6) is -0.229. The quantitative estimate of drug-likeness (QED) is 0.587. The lowest BCUT2D eigenvalue weighted by molar-refractivity contribution is -0.134. The molecule has 0 aliphatic carbocycles. The highest BCUT2D eigenvalue weighted by atomic mass is 35.5. The Morgan fingerprint density at radius 2 is 1.96 bits per heavy atom. The third-order valence-corrected chi connectivity index (χ3v) is 3.87. The summed E-state index contributed by atoms with van der Waals surface area (Å²) in [6.45, 7) is 0.196. The average Bonchev–Trinajstić information content (AvgIpc) is 2.66. The Kier molecular flexibility index (Phi) is 5.60. The number of anilines is 2. The molecule has 0 saturated carbocycles. The van der Waals surface area contributed by atoms with E-state index in [4.69, 9.17) is 16.7 Å². The minimum atomic E-state index is -0.994. The first-order valence-electron chi connectivity index (χ1n) is 7.84. The smallest absolute Gasteiger partial charge is 0.322 e. The normalized spacial score (nSPS) is 10.3. The number of nitrogens with one attached hydrogen (secondary N) is 2. The Bertz CT molecular complexity index is 905. The van der Waals surface area contributed by atoms with E-state index in [2.05, 4.69) is 25.6 Å². The SMILES string of the molecule is O=C(O)CNc1nc(NCc2ccccc2Cl)cc(-c2cccnc2)n1. The highest BCUT2D eigenvalue weighted by Crippen LogP contribution is 2.22. The first-order chi connectivity index (χ1) is 12.6. The summed E-state index contributed by atoms with van der Waals surface area (Å²) in [5.41, 5.74) is 2.35. The fraction of sp³-hybridized carbons (Fsp3) is 0.111. The van der Waals surface area contributed by atoms with Gasteiger partial charge in [0.2, 0.25) is 5.95 Å². The Morgan fingerprint density at radius 1 is 1.12 bits per heavy atom. The number of hydrogen-bond acceptors (Lipinski definition) is 6. The van der Waals surface area contributed by atoms with Crippen LogP contribution in [0.5, 0.6) is 0 Å². The molecule has 0 bridgehead atoms. The highest BCUT2D eigenvalue weighted by Gasteiger charge is 2.09. The van der Waals surface area contributed by atoms with Crippen molar-refractivity contribution >= 4 is 29.3 Å². The van der Waals surface area contributed by atoms with Gasteiger partial charge < -0.3 is 15.7 Å². The van der Waals surface area contributed by atoms with E-state index in [9.17, 15) is 4.79 Å². The number of carboxylic acid groups (broad SMARTS) is 1. The van der Waals surface area contributed by atoms with Gasteiger partial charge in [-0.1, -0.05) is 29.8 Å². The van der Waals surface area contributed by atoms with Gasteiger partial charge in [-0.2, -0.15) is 4.98 Å². The van der Waals surface area contributed by atoms with Gasteiger partial charge in [0.1, 0.15) is 12.4 Å². The largest absolute Gasteiger partial charge is 0.480 e. The van der Waals surface area contributed by atoms with Crippen LogP contribution in [-0.4, -0.2) is 32.6 Å². The predicted molar refractivity (Wildman–Crippen MR) is 100 cm³/mol. The molecule has 0 aliphatic rings. The van der Waals surface area contributed by atoms with Crippen molar-refractivity contribution in [2.24, 2.45) is 0 Å². The number of pyridine rings is 1. The van der Waals surface area contributed by atoms with E-state index in [0.717, 1.165) is 11.1 Å². The molecule has 7 nitrogen and oxygen atoms in total. The van der Waals surface area contributed by atoms with Crippen molar-refractivity contribution in [1.82, 2.24) is 15.0 Å². The van der Waals surface area contributed by atoms with E-state index in [0.29, 0.717) is 23.1 Å². The zero-order valence-electron chi connectivity index (χ0n) is 13.7. The van der Waals surface area contributed by atoms with Gasteiger partial charge in [-0.05, 0) is 23.8 Å². The number of hydrogen-bond donors (Lipinski definition) is 3. The Hall–Kier alpha value is -3.19. The van der Waals surface area contributed by atoms with Crippen LogP contribution >= 0.6 is 11.6 Å². The molecule has 26 heavy (non-hydrogen) atoms. The molecule has 0 fully saturated rings. The zero-order chi connectivity index (χ0) is 18.4. The van der Waals surface area contributed by atoms with Crippen molar-refractivity contribution in [2.45, 2.75) is 6.54 Å². The van der Waals surface area contributed by atoms with Crippen LogP contribution in [0.25, 0.3) is 11.3 Å². The molecule has 0 radical (unpaired) electrons. The van der Waals surface area contributed by atoms with Gasteiger partial charge >= 0.3 is 5.97 Å². The Labute approximate surface area is 155 Å². The van der Waals surface area contributed by atoms with Crippen LogP contribution in [0.4, 0.5) is 11.8 Å². The van der Waals surface area contributed by atoms with E-state index in [1.165, 1.54) is 0 Å². The van der Waals surface area contributed by atoms with Gasteiger partial charge in [0, 0.05) is 35.6 Å². The summed E-state index contributed by atoms with van der Waals surface area (Å²) in [5, 5.41) is 15.4. The second kappa shape index (κ2) is 8.26. The van der Waals surface area contributed by atoms with Gasteiger partial charge in [-0.15, -0.1) is 0 Å². The predicted octanol–water partition coefficient (Wildman–Crippen LogP) is 3.30. The molecule has 0 atom stereocenters. The maximum atomic E-state index is 10.8. The monoisotopic (exact) mass is 369 g/mol. The molecule has 2 heterocycles. The number of aliphatic carboxylic acids is 1. The average molecular weight is 370 g/mol. The van der Waals surface area contributed by atoms with Crippen LogP contribution < -0.4 is 10.6 Å². The van der Waals surface area contributed by atoms with Crippen molar-refractivity contribution in [3.8, 4) is 11.3 Å². The number of halogens is 1. The Morgan fingerprint density at radius 3 is 2.69 bits per heavy atom. The van der Waals surface area contributed by atoms with Crippen LogP contribution in [0.15, 0.2) is 54.9 Å². The molecular formula is C18H16ClN5O2. The van der Waals surface area contributed by atoms with Crippen molar-refractivity contribution < 1.29 is 9.90 Å². The molecule has 8 heteroatoms. The van der Waals surface area contributed by atoms with E-state index in [1.54, 1.807) is 24.5 Å². The standard InChI is InChI=1S/C18H16ClN5O2/c19-14-6-2-1-4-12(14)10-21-16-8-15(13-5-3-7-20-9-13)23-18(24-16)22-11-17(25)26/h1-9H,10-11H2,(H,25,26)(H2,21,22,23,24). The van der Waals surface area contributed by atoms with Crippen molar-refractivity contribution in [3.05, 3.63) is 65.4 Å². The summed E-state index contributed by atoms with van der Waals surface area (Å²) < 4.78 is 0. The molecule has 3 aromatic rings. The molecule has 0 saturated heterocycles. The molecule has 0 spiro atoms. The fourth-order valence-electron chi connectivity index (χ4n) is 2.26. The van der Waals surface area contributed by atoms with E-state index < -0.39 is 5.97 Å². The van der Waals surface area contributed by atoms with Gasteiger partial charge in [0.05, 0.1) is 5.69 Å². The lowest BCUT2D eigenvalue weighted by Crippen LogP contribution is -2.15. The fourth-order valence-corrected chi connectivity index (χ4v) is 2.46. The molecule has 0 amide bonds. The van der Waals surface area contributed by atoms with Gasteiger partial charge in [-0.25, -0.2) is 4.98 Å². The maximum Gasteiger partial charge on any atom is 0.322 e. The molecule has 3 N–H and O–H groups in total.